The molecular formula is C19H24N4O. The van der Waals surface area contributed by atoms with Crippen LogP contribution in [0.15, 0.2) is 42.7 Å². The molecule has 2 aliphatic carbocycles. The molecule has 2 aliphatic rings. The van der Waals surface area contributed by atoms with Gasteiger partial charge in [0.05, 0.1) is 11.6 Å². The number of hydrogen-bond acceptors (Lipinski definition) is 3. The number of aromatic nitrogens is 2. The van der Waals surface area contributed by atoms with Crippen LogP contribution in [0.1, 0.15) is 24.8 Å². The van der Waals surface area contributed by atoms with Crippen molar-refractivity contribution in [1.82, 2.24) is 14.7 Å². The molecule has 4 atom stereocenters. The van der Waals surface area contributed by atoms with Gasteiger partial charge in [0.1, 0.15) is 0 Å². The third-order valence-corrected chi connectivity index (χ3v) is 5.74. The van der Waals surface area contributed by atoms with E-state index >= 15 is 0 Å². The third kappa shape index (κ3) is 2.63. The highest BCUT2D eigenvalue weighted by atomic mass is 16.2. The van der Waals surface area contributed by atoms with Crippen LogP contribution < -0.4 is 5.73 Å². The monoisotopic (exact) mass is 324 g/mol. The molecule has 24 heavy (non-hydrogen) atoms. The summed E-state index contributed by atoms with van der Waals surface area (Å²) in [5, 5.41) is 4.26. The van der Waals surface area contributed by atoms with Crippen molar-refractivity contribution >= 4 is 5.91 Å². The standard InChI is InChI=1S/C19H24N4O/c1-22(19(24)17-14-6-7-15(11-14)18(17)20)12-13-4-2-5-16(10-13)23-9-3-8-21-23/h2-5,8-10,14-15,17-18H,6-7,11-12,20H2,1H3/t14-,15+,17-,18+/m0/s1. The Hall–Kier alpha value is -2.14. The van der Waals surface area contributed by atoms with E-state index in [1.165, 1.54) is 6.42 Å². The number of amides is 1. The molecule has 1 aromatic heterocycles. The number of nitrogens with zero attached hydrogens (tertiary/aromatic N) is 3. The Kier molecular flexibility index (Phi) is 3.88. The topological polar surface area (TPSA) is 64.2 Å². The minimum atomic E-state index is 0.0167. The summed E-state index contributed by atoms with van der Waals surface area (Å²) in [6, 6.07) is 10.1. The molecule has 0 aliphatic heterocycles. The first-order valence-electron chi connectivity index (χ1n) is 8.73. The molecule has 126 valence electrons. The summed E-state index contributed by atoms with van der Waals surface area (Å²) < 4.78 is 1.83. The molecule has 5 heteroatoms. The summed E-state index contributed by atoms with van der Waals surface area (Å²) in [7, 11) is 1.89. The lowest BCUT2D eigenvalue weighted by Gasteiger charge is -2.31. The van der Waals surface area contributed by atoms with Crippen molar-refractivity contribution in [2.45, 2.75) is 31.8 Å². The minimum absolute atomic E-state index is 0.0167. The summed E-state index contributed by atoms with van der Waals surface area (Å²) >= 11 is 0. The van der Waals surface area contributed by atoms with Gasteiger partial charge in [0.2, 0.25) is 5.91 Å². The Labute approximate surface area is 142 Å². The summed E-state index contributed by atoms with van der Waals surface area (Å²) in [5.74, 6) is 1.28. The number of nitrogens with two attached hydrogens (primary N) is 1. The number of carbonyl (C=O) groups is 1. The van der Waals surface area contributed by atoms with Gasteiger partial charge in [0.25, 0.3) is 0 Å². The van der Waals surface area contributed by atoms with Crippen LogP contribution in [0.4, 0.5) is 0 Å². The predicted octanol–water partition coefficient (Wildman–Crippen LogP) is 2.20. The van der Waals surface area contributed by atoms with Crippen LogP contribution >= 0.6 is 0 Å². The Bertz CT molecular complexity index is 725. The molecule has 5 nitrogen and oxygen atoms in total. The van der Waals surface area contributed by atoms with Crippen molar-refractivity contribution in [3.8, 4) is 5.69 Å². The second kappa shape index (κ2) is 6.06. The number of hydrogen-bond donors (Lipinski definition) is 1. The van der Waals surface area contributed by atoms with Crippen LogP contribution in [-0.2, 0) is 11.3 Å². The molecule has 1 aromatic carbocycles. The van der Waals surface area contributed by atoms with E-state index in [9.17, 15) is 4.79 Å². The van der Waals surface area contributed by atoms with Gasteiger partial charge in [0, 0.05) is 32.0 Å². The zero-order chi connectivity index (χ0) is 16.7. The molecule has 0 spiro atoms. The fourth-order valence-corrected chi connectivity index (χ4v) is 4.53. The first-order valence-corrected chi connectivity index (χ1v) is 8.73. The van der Waals surface area contributed by atoms with Gasteiger partial charge in [-0.2, -0.15) is 5.10 Å². The van der Waals surface area contributed by atoms with E-state index in [4.69, 9.17) is 5.73 Å². The maximum atomic E-state index is 12.9. The average molecular weight is 324 g/mol. The zero-order valence-corrected chi connectivity index (χ0v) is 14.0. The molecule has 4 rings (SSSR count). The Morgan fingerprint density at radius 2 is 2.17 bits per heavy atom. The van der Waals surface area contributed by atoms with Crippen LogP contribution in [0.25, 0.3) is 5.69 Å². The van der Waals surface area contributed by atoms with Crippen LogP contribution in [-0.4, -0.2) is 33.7 Å². The lowest BCUT2D eigenvalue weighted by atomic mass is 9.84. The van der Waals surface area contributed by atoms with Crippen LogP contribution in [0.2, 0.25) is 0 Å². The van der Waals surface area contributed by atoms with Gasteiger partial charge in [-0.3, -0.25) is 4.79 Å². The smallest absolute Gasteiger partial charge is 0.227 e. The van der Waals surface area contributed by atoms with Crippen molar-refractivity contribution in [3.05, 3.63) is 48.3 Å². The van der Waals surface area contributed by atoms with E-state index < -0.39 is 0 Å². The van der Waals surface area contributed by atoms with Crippen LogP contribution in [0, 0.1) is 17.8 Å². The van der Waals surface area contributed by atoms with Crippen molar-refractivity contribution in [2.75, 3.05) is 7.05 Å². The lowest BCUT2D eigenvalue weighted by Crippen LogP contribution is -2.45. The Morgan fingerprint density at radius 1 is 1.33 bits per heavy atom. The molecule has 0 unspecified atom stereocenters. The van der Waals surface area contributed by atoms with Crippen molar-refractivity contribution in [1.29, 1.82) is 0 Å². The normalized spacial score (nSPS) is 28.2. The summed E-state index contributed by atoms with van der Waals surface area (Å²) in [5.41, 5.74) is 8.44. The Morgan fingerprint density at radius 3 is 2.88 bits per heavy atom. The molecule has 2 saturated carbocycles. The summed E-state index contributed by atoms with van der Waals surface area (Å²) in [4.78, 5) is 14.7. The molecule has 2 N–H and O–H groups in total. The van der Waals surface area contributed by atoms with E-state index in [0.717, 1.165) is 24.1 Å². The molecule has 2 aromatic rings. The number of carbonyl (C=O) groups excluding carboxylic acids is 1. The summed E-state index contributed by atoms with van der Waals surface area (Å²) in [6.07, 6.45) is 7.18. The number of rotatable bonds is 4. The maximum Gasteiger partial charge on any atom is 0.227 e. The van der Waals surface area contributed by atoms with E-state index in [2.05, 4.69) is 17.2 Å². The highest BCUT2D eigenvalue weighted by Crippen LogP contribution is 2.48. The average Bonchev–Trinajstić information content (AvgIpc) is 3.32. The van der Waals surface area contributed by atoms with Gasteiger partial charge in [-0.15, -0.1) is 0 Å². The van der Waals surface area contributed by atoms with Crippen molar-refractivity contribution < 1.29 is 4.79 Å². The molecule has 2 fully saturated rings. The minimum Gasteiger partial charge on any atom is -0.341 e. The maximum absolute atomic E-state index is 12.9. The molecule has 2 bridgehead atoms. The molecule has 1 heterocycles. The summed E-state index contributed by atoms with van der Waals surface area (Å²) in [6.45, 7) is 0.606. The predicted molar refractivity (Wildman–Crippen MR) is 92.3 cm³/mol. The first-order chi connectivity index (χ1) is 11.6. The van der Waals surface area contributed by atoms with Gasteiger partial charge in [-0.1, -0.05) is 12.1 Å². The first kappa shape index (κ1) is 15.4. The fourth-order valence-electron chi connectivity index (χ4n) is 4.53. The molecule has 0 saturated heterocycles. The van der Waals surface area contributed by atoms with Gasteiger partial charge in [-0.05, 0) is 54.9 Å². The van der Waals surface area contributed by atoms with Gasteiger partial charge >= 0.3 is 0 Å². The van der Waals surface area contributed by atoms with Crippen molar-refractivity contribution in [2.24, 2.45) is 23.5 Å². The van der Waals surface area contributed by atoms with Crippen LogP contribution in [0.3, 0.4) is 0 Å². The Balaban J connectivity index is 1.47. The highest BCUT2D eigenvalue weighted by Gasteiger charge is 2.49. The number of benzene rings is 1. The van der Waals surface area contributed by atoms with E-state index in [1.54, 1.807) is 6.20 Å². The largest absolute Gasteiger partial charge is 0.341 e. The highest BCUT2D eigenvalue weighted by molar-refractivity contribution is 5.80. The lowest BCUT2D eigenvalue weighted by molar-refractivity contribution is -0.137. The van der Waals surface area contributed by atoms with E-state index in [0.29, 0.717) is 18.4 Å². The third-order valence-electron chi connectivity index (χ3n) is 5.74. The van der Waals surface area contributed by atoms with E-state index in [1.807, 2.05) is 41.0 Å². The molecule has 0 radical (unpaired) electrons. The second-order valence-corrected chi connectivity index (χ2v) is 7.25. The fraction of sp³-hybridized carbons (Fsp3) is 0.474. The molecular weight excluding hydrogens is 300 g/mol. The van der Waals surface area contributed by atoms with Gasteiger partial charge in [-0.25, -0.2) is 4.68 Å². The van der Waals surface area contributed by atoms with E-state index in [-0.39, 0.29) is 17.9 Å². The number of fused-ring (bicyclic) bond motifs is 2. The second-order valence-electron chi connectivity index (χ2n) is 7.25. The molecule has 1 amide bonds. The van der Waals surface area contributed by atoms with Gasteiger partial charge < -0.3 is 10.6 Å². The SMILES string of the molecule is CN(Cc1cccc(-n2cccn2)c1)C(=O)[C@H]1[C@H]2CC[C@H](C2)[C@H]1N. The van der Waals surface area contributed by atoms with Crippen molar-refractivity contribution in [3.63, 3.8) is 0 Å². The quantitative estimate of drug-likeness (QED) is 0.938. The van der Waals surface area contributed by atoms with Gasteiger partial charge in [0.15, 0.2) is 0 Å². The zero-order valence-electron chi connectivity index (χ0n) is 14.0. The van der Waals surface area contributed by atoms with Crippen LogP contribution in [0.5, 0.6) is 0 Å².